The Morgan fingerprint density at radius 2 is 2.09 bits per heavy atom. The topological polar surface area (TPSA) is 42.0 Å². The van der Waals surface area contributed by atoms with Crippen LogP contribution in [-0.4, -0.2) is 48.7 Å². The Morgan fingerprint density at radius 3 is 2.91 bits per heavy atom. The van der Waals surface area contributed by atoms with Crippen molar-refractivity contribution in [3.63, 3.8) is 0 Å². The van der Waals surface area contributed by atoms with Crippen LogP contribution in [0.25, 0.3) is 0 Å². The smallest absolute Gasteiger partial charge is 0.231 e. The van der Waals surface area contributed by atoms with Crippen LogP contribution in [0.3, 0.4) is 0 Å². The number of carbonyl (C=O) groups excluding carboxylic acids is 1. The number of rotatable bonds is 2. The second-order valence-electron chi connectivity index (χ2n) is 6.36. The molecule has 3 aliphatic rings. The Bertz CT molecular complexity index is 622. The number of hydrogen-bond donors (Lipinski definition) is 0. The molecule has 0 saturated carbocycles. The predicted octanol–water partition coefficient (Wildman–Crippen LogP) is 2.12. The van der Waals surface area contributed by atoms with E-state index in [0.717, 1.165) is 37.4 Å². The van der Waals surface area contributed by atoms with E-state index in [0.29, 0.717) is 29.2 Å². The first-order valence-corrected chi connectivity index (χ1v) is 8.05. The van der Waals surface area contributed by atoms with Crippen molar-refractivity contribution in [2.24, 2.45) is 5.92 Å². The van der Waals surface area contributed by atoms with Crippen LogP contribution in [-0.2, 0) is 11.3 Å². The van der Waals surface area contributed by atoms with Crippen molar-refractivity contribution in [3.8, 4) is 11.5 Å². The molecule has 0 bridgehead atoms. The maximum atomic E-state index is 11.8. The Morgan fingerprint density at radius 1 is 1.32 bits per heavy atom. The number of benzene rings is 1. The standard InChI is InChI=1S/C16H19ClN2O3/c1-18-13-8-19(3-2-10(13)5-16(18)20)7-11-4-14-15(6-12(11)17)22-9-21-14/h4,6,10,13H,2-3,5,7-9H2,1H3/t10-,13-/m1/s1. The van der Waals surface area contributed by atoms with Crippen LogP contribution in [0.5, 0.6) is 11.5 Å². The maximum Gasteiger partial charge on any atom is 0.231 e. The highest BCUT2D eigenvalue weighted by Crippen LogP contribution is 2.38. The zero-order valence-electron chi connectivity index (χ0n) is 12.5. The lowest BCUT2D eigenvalue weighted by atomic mass is 9.92. The monoisotopic (exact) mass is 322 g/mol. The van der Waals surface area contributed by atoms with Crippen molar-refractivity contribution in [1.29, 1.82) is 0 Å². The third-order valence-electron chi connectivity index (χ3n) is 5.07. The Labute approximate surface area is 134 Å². The average Bonchev–Trinajstić information content (AvgIpc) is 3.05. The number of hydrogen-bond acceptors (Lipinski definition) is 4. The third-order valence-corrected chi connectivity index (χ3v) is 5.42. The molecule has 0 spiro atoms. The fraction of sp³-hybridized carbons (Fsp3) is 0.562. The summed E-state index contributed by atoms with van der Waals surface area (Å²) in [7, 11) is 1.92. The molecule has 3 heterocycles. The first kappa shape index (κ1) is 14.2. The lowest BCUT2D eigenvalue weighted by Crippen LogP contribution is -2.47. The van der Waals surface area contributed by atoms with Gasteiger partial charge in [-0.3, -0.25) is 9.69 Å². The molecule has 1 amide bonds. The summed E-state index contributed by atoms with van der Waals surface area (Å²) in [4.78, 5) is 16.1. The average molecular weight is 323 g/mol. The molecule has 0 radical (unpaired) electrons. The molecule has 22 heavy (non-hydrogen) atoms. The fourth-order valence-corrected chi connectivity index (χ4v) is 3.95. The molecular weight excluding hydrogens is 304 g/mol. The molecule has 0 unspecified atom stereocenters. The van der Waals surface area contributed by atoms with Gasteiger partial charge in [-0.15, -0.1) is 0 Å². The van der Waals surface area contributed by atoms with E-state index >= 15 is 0 Å². The predicted molar refractivity (Wildman–Crippen MR) is 82.1 cm³/mol. The van der Waals surface area contributed by atoms with E-state index in [1.165, 1.54) is 0 Å². The van der Waals surface area contributed by atoms with Crippen molar-refractivity contribution in [1.82, 2.24) is 9.80 Å². The number of likely N-dealkylation sites (tertiary alicyclic amines) is 2. The second-order valence-corrected chi connectivity index (χ2v) is 6.76. The van der Waals surface area contributed by atoms with Gasteiger partial charge in [0, 0.05) is 43.7 Å². The normalized spacial score (nSPS) is 27.4. The summed E-state index contributed by atoms with van der Waals surface area (Å²) in [5, 5.41) is 0.710. The lowest BCUT2D eigenvalue weighted by molar-refractivity contribution is -0.127. The van der Waals surface area contributed by atoms with Crippen molar-refractivity contribution < 1.29 is 14.3 Å². The molecule has 1 aromatic carbocycles. The van der Waals surface area contributed by atoms with Crippen LogP contribution in [0.2, 0.25) is 5.02 Å². The summed E-state index contributed by atoms with van der Waals surface area (Å²) in [5.41, 5.74) is 1.05. The van der Waals surface area contributed by atoms with Crippen molar-refractivity contribution in [2.45, 2.75) is 25.4 Å². The first-order valence-electron chi connectivity index (χ1n) is 7.68. The van der Waals surface area contributed by atoms with Crippen LogP contribution in [0.1, 0.15) is 18.4 Å². The molecule has 6 heteroatoms. The molecule has 2 fully saturated rings. The highest BCUT2D eigenvalue weighted by atomic mass is 35.5. The van der Waals surface area contributed by atoms with E-state index in [1.54, 1.807) is 0 Å². The molecule has 0 N–H and O–H groups in total. The Kier molecular flexibility index (Phi) is 3.42. The van der Waals surface area contributed by atoms with Gasteiger partial charge in [-0.05, 0) is 30.5 Å². The number of piperidine rings is 1. The van der Waals surface area contributed by atoms with Crippen LogP contribution >= 0.6 is 11.6 Å². The highest BCUT2D eigenvalue weighted by molar-refractivity contribution is 6.31. The number of amides is 1. The molecule has 1 aromatic rings. The number of ether oxygens (including phenoxy) is 2. The van der Waals surface area contributed by atoms with Crippen molar-refractivity contribution in [3.05, 3.63) is 22.7 Å². The van der Waals surface area contributed by atoms with Crippen LogP contribution in [0.15, 0.2) is 12.1 Å². The van der Waals surface area contributed by atoms with Gasteiger partial charge >= 0.3 is 0 Å². The minimum absolute atomic E-state index is 0.259. The van der Waals surface area contributed by atoms with E-state index in [9.17, 15) is 4.79 Å². The van der Waals surface area contributed by atoms with Gasteiger partial charge in [0.2, 0.25) is 12.7 Å². The molecule has 118 valence electrons. The SMILES string of the molecule is CN1C(=O)C[C@H]2CCN(Cc3cc4c(cc3Cl)OCO4)C[C@H]21. The molecule has 4 rings (SSSR count). The van der Waals surface area contributed by atoms with Gasteiger partial charge in [-0.2, -0.15) is 0 Å². The third kappa shape index (κ3) is 2.32. The van der Waals surface area contributed by atoms with Crippen LogP contribution < -0.4 is 9.47 Å². The van der Waals surface area contributed by atoms with E-state index in [1.807, 2.05) is 24.1 Å². The molecule has 0 aromatic heterocycles. The zero-order chi connectivity index (χ0) is 15.3. The quantitative estimate of drug-likeness (QED) is 0.836. The minimum atomic E-state index is 0.259. The molecular formula is C16H19ClN2O3. The van der Waals surface area contributed by atoms with E-state index in [4.69, 9.17) is 21.1 Å². The number of halogens is 1. The summed E-state index contributed by atoms with van der Waals surface area (Å²) in [5.74, 6) is 2.27. The van der Waals surface area contributed by atoms with Crippen molar-refractivity contribution in [2.75, 3.05) is 26.9 Å². The molecule has 2 saturated heterocycles. The van der Waals surface area contributed by atoms with Gasteiger partial charge < -0.3 is 14.4 Å². The van der Waals surface area contributed by atoms with E-state index in [2.05, 4.69) is 4.90 Å². The summed E-state index contributed by atoms with van der Waals surface area (Å²) < 4.78 is 10.8. The summed E-state index contributed by atoms with van der Waals surface area (Å²) >= 11 is 6.36. The summed E-state index contributed by atoms with van der Waals surface area (Å²) in [6.07, 6.45) is 1.78. The number of likely N-dealkylation sites (N-methyl/N-ethyl adjacent to an activating group) is 1. The van der Waals surface area contributed by atoms with E-state index < -0.39 is 0 Å². The van der Waals surface area contributed by atoms with Gasteiger partial charge in [0.25, 0.3) is 0 Å². The van der Waals surface area contributed by atoms with E-state index in [-0.39, 0.29) is 12.7 Å². The number of nitrogens with zero attached hydrogens (tertiary/aromatic N) is 2. The first-order chi connectivity index (χ1) is 10.6. The molecule has 2 atom stereocenters. The fourth-order valence-electron chi connectivity index (χ4n) is 3.74. The van der Waals surface area contributed by atoms with Gasteiger partial charge in [0.05, 0.1) is 0 Å². The molecule has 0 aliphatic carbocycles. The highest BCUT2D eigenvalue weighted by Gasteiger charge is 2.40. The largest absolute Gasteiger partial charge is 0.454 e. The molecule has 5 nitrogen and oxygen atoms in total. The Hall–Kier alpha value is -1.46. The summed E-state index contributed by atoms with van der Waals surface area (Å²) in [6, 6.07) is 4.14. The van der Waals surface area contributed by atoms with Crippen LogP contribution in [0.4, 0.5) is 0 Å². The molecule has 3 aliphatic heterocycles. The van der Waals surface area contributed by atoms with Gasteiger partial charge in [-0.1, -0.05) is 11.6 Å². The Balaban J connectivity index is 1.49. The summed E-state index contributed by atoms with van der Waals surface area (Å²) in [6.45, 7) is 2.96. The number of carbonyl (C=O) groups is 1. The van der Waals surface area contributed by atoms with Gasteiger partial charge in [0.1, 0.15) is 0 Å². The van der Waals surface area contributed by atoms with Gasteiger partial charge in [-0.25, -0.2) is 0 Å². The lowest BCUT2D eigenvalue weighted by Gasteiger charge is -2.37. The second kappa shape index (κ2) is 5.32. The number of fused-ring (bicyclic) bond motifs is 2. The maximum absolute atomic E-state index is 11.8. The van der Waals surface area contributed by atoms with Crippen LogP contribution in [0, 0.1) is 5.92 Å². The zero-order valence-corrected chi connectivity index (χ0v) is 13.3. The van der Waals surface area contributed by atoms with Gasteiger partial charge in [0.15, 0.2) is 11.5 Å². The van der Waals surface area contributed by atoms with Crippen molar-refractivity contribution >= 4 is 17.5 Å². The minimum Gasteiger partial charge on any atom is -0.454 e.